The largest absolute Gasteiger partial charge is 0.260 e. The molecule has 0 aliphatic carbocycles. The fourth-order valence-electron chi connectivity index (χ4n) is 1.80. The van der Waals surface area contributed by atoms with E-state index in [1.165, 1.54) is 5.56 Å². The van der Waals surface area contributed by atoms with E-state index in [1.807, 2.05) is 24.3 Å². The second-order valence-electron chi connectivity index (χ2n) is 4.32. The van der Waals surface area contributed by atoms with Crippen LogP contribution in [0.25, 0.3) is 5.65 Å². The van der Waals surface area contributed by atoms with E-state index in [2.05, 4.69) is 44.9 Å². The molecule has 0 amide bonds. The highest BCUT2D eigenvalue weighted by molar-refractivity contribution is 5.80. The molecule has 2 heterocycles. The van der Waals surface area contributed by atoms with Gasteiger partial charge in [0.25, 0.3) is 0 Å². The maximum atomic E-state index is 4.26. The third kappa shape index (κ3) is 2.64. The lowest BCUT2D eigenvalue weighted by Gasteiger charge is -2.00. The molecule has 0 radical (unpaired) electrons. The molecule has 0 atom stereocenters. The predicted molar refractivity (Wildman–Crippen MR) is 77.8 cm³/mol. The molecule has 3 aromatic rings. The van der Waals surface area contributed by atoms with Gasteiger partial charge in [0, 0.05) is 0 Å². The van der Waals surface area contributed by atoms with E-state index in [4.69, 9.17) is 0 Å². The Morgan fingerprint density at radius 3 is 2.85 bits per heavy atom. The molecule has 6 heteroatoms. The van der Waals surface area contributed by atoms with Crippen molar-refractivity contribution in [3.8, 4) is 0 Å². The summed E-state index contributed by atoms with van der Waals surface area (Å²) < 4.78 is 1.59. The van der Waals surface area contributed by atoms with Crippen LogP contribution < -0.4 is 5.43 Å². The van der Waals surface area contributed by atoms with E-state index in [0.29, 0.717) is 11.5 Å². The summed E-state index contributed by atoms with van der Waals surface area (Å²) in [6.07, 6.45) is 4.35. The van der Waals surface area contributed by atoms with Gasteiger partial charge in [-0.25, -0.2) is 0 Å². The first-order valence-electron chi connectivity index (χ1n) is 6.40. The number of rotatable bonds is 4. The first-order valence-corrected chi connectivity index (χ1v) is 6.40. The number of hydrazone groups is 1. The monoisotopic (exact) mass is 266 g/mol. The molecule has 3 rings (SSSR count). The average Bonchev–Trinajstić information content (AvgIpc) is 2.95. The van der Waals surface area contributed by atoms with Crippen molar-refractivity contribution in [3.63, 3.8) is 0 Å². The van der Waals surface area contributed by atoms with Crippen LogP contribution in [-0.2, 0) is 6.42 Å². The Kier molecular flexibility index (Phi) is 3.36. The standard InChI is InChI=1S/C14H14N6/c1-2-11-3-5-12(6-4-11)9-15-17-13-7-8-14-18-16-10-20(14)19-13/h3-10H,2H2,1H3,(H,17,19)/b15-9+. The molecule has 0 saturated carbocycles. The van der Waals surface area contributed by atoms with Gasteiger partial charge >= 0.3 is 0 Å². The number of nitrogens with zero attached hydrogens (tertiary/aromatic N) is 5. The molecule has 1 aromatic carbocycles. The molecule has 2 aromatic heterocycles. The lowest BCUT2D eigenvalue weighted by Crippen LogP contribution is -1.98. The number of nitrogens with one attached hydrogen (secondary N) is 1. The van der Waals surface area contributed by atoms with Crippen LogP contribution in [0.3, 0.4) is 0 Å². The van der Waals surface area contributed by atoms with Crippen LogP contribution in [0.1, 0.15) is 18.1 Å². The van der Waals surface area contributed by atoms with Crippen molar-refractivity contribution in [1.82, 2.24) is 19.8 Å². The minimum absolute atomic E-state index is 0.638. The van der Waals surface area contributed by atoms with Crippen molar-refractivity contribution in [1.29, 1.82) is 0 Å². The number of hydrogen-bond donors (Lipinski definition) is 1. The molecule has 0 fully saturated rings. The van der Waals surface area contributed by atoms with Crippen LogP contribution in [0.5, 0.6) is 0 Å². The molecule has 1 N–H and O–H groups in total. The van der Waals surface area contributed by atoms with Crippen LogP contribution in [0, 0.1) is 0 Å². The maximum Gasteiger partial charge on any atom is 0.177 e. The summed E-state index contributed by atoms with van der Waals surface area (Å²) in [5.41, 5.74) is 5.95. The van der Waals surface area contributed by atoms with Crippen molar-refractivity contribution in [2.45, 2.75) is 13.3 Å². The highest BCUT2D eigenvalue weighted by Gasteiger charge is 1.97. The Hall–Kier alpha value is -2.76. The lowest BCUT2D eigenvalue weighted by atomic mass is 10.1. The van der Waals surface area contributed by atoms with Gasteiger partial charge in [-0.15, -0.1) is 15.3 Å². The molecule has 0 unspecified atom stereocenters. The summed E-state index contributed by atoms with van der Waals surface area (Å²) in [5.74, 6) is 0.638. The smallest absolute Gasteiger partial charge is 0.177 e. The minimum Gasteiger partial charge on any atom is -0.260 e. The van der Waals surface area contributed by atoms with Crippen LogP contribution in [-0.4, -0.2) is 26.0 Å². The summed E-state index contributed by atoms with van der Waals surface area (Å²) >= 11 is 0. The maximum absolute atomic E-state index is 4.26. The van der Waals surface area contributed by atoms with Crippen LogP contribution in [0.2, 0.25) is 0 Å². The number of anilines is 1. The Bertz CT molecular complexity index is 729. The summed E-state index contributed by atoms with van der Waals surface area (Å²) in [4.78, 5) is 0. The van der Waals surface area contributed by atoms with Gasteiger partial charge in [-0.05, 0) is 29.7 Å². The minimum atomic E-state index is 0.638. The SMILES string of the molecule is CCc1ccc(/C=N/Nc2ccc3nncn3n2)cc1. The predicted octanol–water partition coefficient (Wildman–Crippen LogP) is 2.13. The highest BCUT2D eigenvalue weighted by atomic mass is 15.4. The van der Waals surface area contributed by atoms with Crippen molar-refractivity contribution in [2.75, 3.05) is 5.43 Å². The van der Waals surface area contributed by atoms with Gasteiger partial charge in [-0.2, -0.15) is 9.62 Å². The second-order valence-corrected chi connectivity index (χ2v) is 4.32. The quantitative estimate of drug-likeness (QED) is 0.580. The molecule has 6 nitrogen and oxygen atoms in total. The van der Waals surface area contributed by atoms with E-state index in [0.717, 1.165) is 12.0 Å². The zero-order chi connectivity index (χ0) is 13.8. The fourth-order valence-corrected chi connectivity index (χ4v) is 1.80. The molecular weight excluding hydrogens is 252 g/mol. The van der Waals surface area contributed by atoms with Crippen molar-refractivity contribution in [2.24, 2.45) is 5.10 Å². The zero-order valence-electron chi connectivity index (χ0n) is 11.1. The Morgan fingerprint density at radius 1 is 1.20 bits per heavy atom. The Balaban J connectivity index is 1.69. The third-order valence-electron chi connectivity index (χ3n) is 2.94. The van der Waals surface area contributed by atoms with Crippen molar-refractivity contribution in [3.05, 3.63) is 53.9 Å². The first-order chi connectivity index (χ1) is 9.85. The lowest BCUT2D eigenvalue weighted by molar-refractivity contribution is 0.925. The fraction of sp³-hybridized carbons (Fsp3) is 0.143. The highest BCUT2D eigenvalue weighted by Crippen LogP contribution is 2.05. The molecule has 0 spiro atoms. The number of benzene rings is 1. The molecule has 0 aliphatic rings. The summed E-state index contributed by atoms with van der Waals surface area (Å²) in [6, 6.07) is 11.9. The molecule has 20 heavy (non-hydrogen) atoms. The topological polar surface area (TPSA) is 67.5 Å². The summed E-state index contributed by atoms with van der Waals surface area (Å²) in [7, 11) is 0. The van der Waals surface area contributed by atoms with Crippen molar-refractivity contribution >= 4 is 17.7 Å². The van der Waals surface area contributed by atoms with Crippen LogP contribution in [0.15, 0.2) is 47.8 Å². The van der Waals surface area contributed by atoms with Gasteiger partial charge < -0.3 is 0 Å². The van der Waals surface area contributed by atoms with Crippen LogP contribution in [0.4, 0.5) is 5.82 Å². The van der Waals surface area contributed by atoms with Gasteiger partial charge in [0.15, 0.2) is 11.5 Å². The Morgan fingerprint density at radius 2 is 2.05 bits per heavy atom. The Labute approximate surface area is 116 Å². The van der Waals surface area contributed by atoms with E-state index in [-0.39, 0.29) is 0 Å². The van der Waals surface area contributed by atoms with Crippen LogP contribution >= 0.6 is 0 Å². The summed E-state index contributed by atoms with van der Waals surface area (Å²) in [6.45, 7) is 2.14. The molecule has 0 aliphatic heterocycles. The van der Waals surface area contributed by atoms with E-state index < -0.39 is 0 Å². The number of aromatic nitrogens is 4. The second kappa shape index (κ2) is 5.48. The molecule has 100 valence electrons. The zero-order valence-corrected chi connectivity index (χ0v) is 11.1. The van der Waals surface area contributed by atoms with E-state index in [1.54, 1.807) is 17.1 Å². The van der Waals surface area contributed by atoms with Gasteiger partial charge in [0.1, 0.15) is 6.33 Å². The van der Waals surface area contributed by atoms with Gasteiger partial charge in [0.05, 0.1) is 6.21 Å². The van der Waals surface area contributed by atoms with Gasteiger partial charge in [-0.3, -0.25) is 5.43 Å². The van der Waals surface area contributed by atoms with E-state index >= 15 is 0 Å². The third-order valence-corrected chi connectivity index (χ3v) is 2.94. The normalized spacial score (nSPS) is 11.2. The number of fused-ring (bicyclic) bond motifs is 1. The van der Waals surface area contributed by atoms with E-state index in [9.17, 15) is 0 Å². The number of aryl methyl sites for hydroxylation is 1. The van der Waals surface area contributed by atoms with Gasteiger partial charge in [-0.1, -0.05) is 31.2 Å². The molecule has 0 saturated heterocycles. The molecule has 0 bridgehead atoms. The van der Waals surface area contributed by atoms with Gasteiger partial charge in [0.2, 0.25) is 0 Å². The molecular formula is C14H14N6. The average molecular weight is 266 g/mol. The van der Waals surface area contributed by atoms with Crippen molar-refractivity contribution < 1.29 is 0 Å². The number of hydrogen-bond acceptors (Lipinski definition) is 5. The first kappa shape index (κ1) is 12.3. The summed E-state index contributed by atoms with van der Waals surface area (Å²) in [5, 5.41) is 16.1.